The van der Waals surface area contributed by atoms with E-state index in [4.69, 9.17) is 11.6 Å². The maximum absolute atomic E-state index is 6.08. The fourth-order valence-electron chi connectivity index (χ4n) is 2.26. The second-order valence-corrected chi connectivity index (χ2v) is 5.43. The van der Waals surface area contributed by atoms with E-state index in [0.29, 0.717) is 0 Å². The van der Waals surface area contributed by atoms with Gasteiger partial charge in [-0.25, -0.2) is 0 Å². The van der Waals surface area contributed by atoms with Crippen LogP contribution >= 0.6 is 27.5 Å². The van der Waals surface area contributed by atoms with Crippen LogP contribution in [-0.4, -0.2) is 6.54 Å². The molecular weight excluding hydrogens is 322 g/mol. The molecule has 1 nitrogen and oxygen atoms in total. The zero-order chi connectivity index (χ0) is 13.8. The highest BCUT2D eigenvalue weighted by Gasteiger charge is 2.13. The molecule has 100 valence electrons. The van der Waals surface area contributed by atoms with Gasteiger partial charge in [0.1, 0.15) is 0 Å². The van der Waals surface area contributed by atoms with Crippen LogP contribution in [0.25, 0.3) is 0 Å². The highest BCUT2D eigenvalue weighted by atomic mass is 79.9. The van der Waals surface area contributed by atoms with Crippen LogP contribution in [0.15, 0.2) is 42.5 Å². The summed E-state index contributed by atoms with van der Waals surface area (Å²) in [5, 5.41) is 1.57. The Bertz CT molecular complexity index is 568. The first-order chi connectivity index (χ1) is 9.17. The quantitative estimate of drug-likeness (QED) is 0.646. The van der Waals surface area contributed by atoms with E-state index in [1.54, 1.807) is 0 Å². The lowest BCUT2D eigenvalue weighted by atomic mass is 10.1. The van der Waals surface area contributed by atoms with E-state index in [0.717, 1.165) is 16.9 Å². The van der Waals surface area contributed by atoms with Gasteiger partial charge < -0.3 is 4.90 Å². The van der Waals surface area contributed by atoms with Crippen LogP contribution in [0, 0.1) is 6.92 Å². The average Bonchev–Trinajstić information content (AvgIpc) is 2.43. The molecule has 0 aliphatic rings. The first-order valence-electron chi connectivity index (χ1n) is 6.35. The molecule has 0 aliphatic carbocycles. The lowest BCUT2D eigenvalue weighted by Gasteiger charge is -2.27. The summed E-state index contributed by atoms with van der Waals surface area (Å²) in [7, 11) is 0. The number of nitrogens with zero attached hydrogens (tertiary/aromatic N) is 1. The largest absolute Gasteiger partial charge is 0.341 e. The van der Waals surface area contributed by atoms with Gasteiger partial charge in [0.2, 0.25) is 0 Å². The second-order valence-electron chi connectivity index (χ2n) is 4.44. The van der Waals surface area contributed by atoms with Crippen molar-refractivity contribution < 1.29 is 0 Å². The van der Waals surface area contributed by atoms with Gasteiger partial charge in [-0.1, -0.05) is 45.7 Å². The van der Waals surface area contributed by atoms with Gasteiger partial charge in [-0.3, -0.25) is 0 Å². The number of halogens is 2. The van der Waals surface area contributed by atoms with Gasteiger partial charge in [0.15, 0.2) is 0 Å². The Balaban J connectivity index is 2.51. The van der Waals surface area contributed by atoms with Crippen molar-refractivity contribution in [2.45, 2.75) is 19.2 Å². The summed E-state index contributed by atoms with van der Waals surface area (Å²) in [4.78, 5) is 2.32. The second kappa shape index (κ2) is 6.44. The van der Waals surface area contributed by atoms with Crippen molar-refractivity contribution >= 4 is 38.9 Å². The molecule has 0 atom stereocenters. The molecule has 2 rings (SSSR count). The van der Waals surface area contributed by atoms with E-state index in [1.165, 1.54) is 22.5 Å². The first-order valence-corrected chi connectivity index (χ1v) is 7.85. The number of rotatable bonds is 4. The molecule has 0 saturated heterocycles. The van der Waals surface area contributed by atoms with Gasteiger partial charge in [-0.15, -0.1) is 0 Å². The summed E-state index contributed by atoms with van der Waals surface area (Å²) in [5.41, 5.74) is 4.94. The number of aryl methyl sites for hydroxylation is 1. The third-order valence-electron chi connectivity index (χ3n) is 3.20. The molecule has 19 heavy (non-hydrogen) atoms. The molecule has 2 aromatic carbocycles. The van der Waals surface area contributed by atoms with Crippen molar-refractivity contribution in [3.8, 4) is 0 Å². The van der Waals surface area contributed by atoms with Crippen LogP contribution in [-0.2, 0) is 5.33 Å². The van der Waals surface area contributed by atoms with Crippen LogP contribution in [0.2, 0.25) is 5.02 Å². The number of anilines is 2. The number of benzene rings is 2. The summed E-state index contributed by atoms with van der Waals surface area (Å²) in [6.45, 7) is 5.23. The average molecular weight is 339 g/mol. The van der Waals surface area contributed by atoms with Crippen molar-refractivity contribution in [2.24, 2.45) is 0 Å². The van der Waals surface area contributed by atoms with E-state index in [1.807, 2.05) is 12.1 Å². The molecule has 0 spiro atoms. The van der Waals surface area contributed by atoms with Gasteiger partial charge in [0.05, 0.1) is 0 Å². The zero-order valence-electron chi connectivity index (χ0n) is 11.2. The maximum Gasteiger partial charge on any atom is 0.0452 e. The minimum atomic E-state index is 0.777. The summed E-state index contributed by atoms with van der Waals surface area (Å²) < 4.78 is 0. The fraction of sp³-hybridized carbons (Fsp3) is 0.250. The van der Waals surface area contributed by atoms with Crippen molar-refractivity contribution in [1.82, 2.24) is 0 Å². The van der Waals surface area contributed by atoms with E-state index < -0.39 is 0 Å². The lowest BCUT2D eigenvalue weighted by molar-refractivity contribution is 1.01. The number of hydrogen-bond acceptors (Lipinski definition) is 1. The Morgan fingerprint density at radius 1 is 1.11 bits per heavy atom. The normalized spacial score (nSPS) is 10.5. The topological polar surface area (TPSA) is 3.24 Å². The molecule has 0 bridgehead atoms. The molecule has 0 unspecified atom stereocenters. The van der Waals surface area contributed by atoms with Crippen LogP contribution in [0.1, 0.15) is 18.1 Å². The molecule has 0 amide bonds. The van der Waals surface area contributed by atoms with E-state index in [9.17, 15) is 0 Å². The molecule has 3 heteroatoms. The Kier molecular flexibility index (Phi) is 4.89. The Morgan fingerprint density at radius 3 is 2.47 bits per heavy atom. The Labute approximate surface area is 128 Å². The highest BCUT2D eigenvalue weighted by Crippen LogP contribution is 2.33. The monoisotopic (exact) mass is 337 g/mol. The Morgan fingerprint density at radius 2 is 1.84 bits per heavy atom. The molecule has 0 aliphatic heterocycles. The standard InChI is InChI=1S/C16H17BrClN/c1-3-19(15-7-5-4-6-12(15)2)16-9-8-14(18)10-13(16)11-17/h4-10H,3,11H2,1-2H3. The third-order valence-corrected chi connectivity index (χ3v) is 4.04. The zero-order valence-corrected chi connectivity index (χ0v) is 13.5. The summed E-state index contributed by atoms with van der Waals surface area (Å²) >= 11 is 9.63. The highest BCUT2D eigenvalue weighted by molar-refractivity contribution is 9.08. The predicted octanol–water partition coefficient (Wildman–Crippen LogP) is 5.70. The van der Waals surface area contributed by atoms with Gasteiger partial charge in [-0.2, -0.15) is 0 Å². The minimum Gasteiger partial charge on any atom is -0.341 e. The Hall–Kier alpha value is -0.990. The molecule has 0 fully saturated rings. The van der Waals surface area contributed by atoms with E-state index in [-0.39, 0.29) is 0 Å². The minimum absolute atomic E-state index is 0.777. The lowest BCUT2D eigenvalue weighted by Crippen LogP contribution is -2.18. The molecule has 0 N–H and O–H groups in total. The van der Waals surface area contributed by atoms with Crippen LogP contribution in [0.4, 0.5) is 11.4 Å². The van der Waals surface area contributed by atoms with Gasteiger partial charge in [0, 0.05) is 28.3 Å². The van der Waals surface area contributed by atoms with Crippen LogP contribution < -0.4 is 4.90 Å². The van der Waals surface area contributed by atoms with Crippen LogP contribution in [0.5, 0.6) is 0 Å². The van der Waals surface area contributed by atoms with Gasteiger partial charge in [0.25, 0.3) is 0 Å². The summed E-state index contributed by atoms with van der Waals surface area (Å²) in [6.07, 6.45) is 0. The van der Waals surface area contributed by atoms with Gasteiger partial charge >= 0.3 is 0 Å². The molecule has 0 aromatic heterocycles. The van der Waals surface area contributed by atoms with Crippen molar-refractivity contribution in [3.05, 3.63) is 58.6 Å². The van der Waals surface area contributed by atoms with E-state index >= 15 is 0 Å². The molecule has 0 saturated carbocycles. The SMILES string of the molecule is CCN(c1ccccc1C)c1ccc(Cl)cc1CBr. The number of hydrogen-bond donors (Lipinski definition) is 0. The smallest absolute Gasteiger partial charge is 0.0452 e. The first kappa shape index (κ1) is 14.4. The van der Waals surface area contributed by atoms with E-state index in [2.05, 4.69) is 65.0 Å². The maximum atomic E-state index is 6.08. The van der Waals surface area contributed by atoms with Crippen LogP contribution in [0.3, 0.4) is 0 Å². The van der Waals surface area contributed by atoms with Crippen molar-refractivity contribution in [1.29, 1.82) is 0 Å². The molecule has 2 aromatic rings. The summed E-state index contributed by atoms with van der Waals surface area (Å²) in [6, 6.07) is 14.5. The van der Waals surface area contributed by atoms with Crippen molar-refractivity contribution in [2.75, 3.05) is 11.4 Å². The molecular formula is C16H17BrClN. The predicted molar refractivity (Wildman–Crippen MR) is 87.9 cm³/mol. The fourth-order valence-corrected chi connectivity index (χ4v) is 2.90. The third kappa shape index (κ3) is 3.13. The summed E-state index contributed by atoms with van der Waals surface area (Å²) in [5.74, 6) is 0. The molecule has 0 radical (unpaired) electrons. The van der Waals surface area contributed by atoms with Crippen molar-refractivity contribution in [3.63, 3.8) is 0 Å². The number of para-hydroxylation sites is 1. The molecule has 0 heterocycles. The van der Waals surface area contributed by atoms with Gasteiger partial charge in [-0.05, 0) is 49.2 Å². The number of alkyl halides is 1.